The molecule has 0 aliphatic rings. The fourth-order valence-electron chi connectivity index (χ4n) is 8.41. The third-order valence-corrected chi connectivity index (χ3v) is 14.0. The van der Waals surface area contributed by atoms with Crippen molar-refractivity contribution in [3.05, 3.63) is 60.8 Å². The highest BCUT2D eigenvalue weighted by Crippen LogP contribution is 2.38. The Morgan fingerprint density at radius 3 is 1.15 bits per heavy atom. The Labute approximate surface area is 440 Å². The van der Waals surface area contributed by atoms with Crippen molar-refractivity contribution in [2.24, 2.45) is 0 Å². The molecule has 0 aliphatic heterocycles. The number of likely N-dealkylation sites (N-methyl/N-ethyl adjacent to an activating group) is 1. The van der Waals surface area contributed by atoms with Gasteiger partial charge in [0, 0.05) is 13.0 Å². The summed E-state index contributed by atoms with van der Waals surface area (Å²) in [6.07, 6.45) is 71.2. The predicted molar refractivity (Wildman–Crippen MR) is 305 cm³/mol. The van der Waals surface area contributed by atoms with E-state index in [-0.39, 0.29) is 25.8 Å². The molecule has 0 rings (SSSR count). The van der Waals surface area contributed by atoms with E-state index in [9.17, 15) is 14.3 Å². The van der Waals surface area contributed by atoms with E-state index < -0.39 is 13.9 Å². The fourth-order valence-corrected chi connectivity index (χ4v) is 9.14. The first-order valence-electron chi connectivity index (χ1n) is 30.0. The molecule has 0 radical (unpaired) electrons. The fraction of sp³-hybridized carbons (Fsp3) is 0.823. The number of nitrogens with zero attached hydrogens (tertiary/aromatic N) is 1. The molecule has 0 aromatic heterocycles. The van der Waals surface area contributed by atoms with Crippen LogP contribution in [0.4, 0.5) is 0 Å². The summed E-state index contributed by atoms with van der Waals surface area (Å²) in [6, 6.07) is 0. The maximum Gasteiger partial charge on any atom is 0.306 e. The van der Waals surface area contributed by atoms with Gasteiger partial charge in [-0.05, 0) is 83.5 Å². The Kier molecular flexibility index (Phi) is 53.1. The van der Waals surface area contributed by atoms with Gasteiger partial charge < -0.3 is 27.9 Å². The van der Waals surface area contributed by atoms with Gasteiger partial charge in [0.15, 0.2) is 0 Å². The first-order valence-corrected chi connectivity index (χ1v) is 31.5. The minimum atomic E-state index is -4.54. The zero-order chi connectivity index (χ0) is 51.9. The third-order valence-electron chi connectivity index (χ3n) is 13.0. The van der Waals surface area contributed by atoms with Gasteiger partial charge in [0.25, 0.3) is 7.82 Å². The molecule has 0 saturated heterocycles. The van der Waals surface area contributed by atoms with Crippen LogP contribution < -0.4 is 4.89 Å². The van der Waals surface area contributed by atoms with Crippen LogP contribution in [0.5, 0.6) is 0 Å². The van der Waals surface area contributed by atoms with Gasteiger partial charge >= 0.3 is 5.97 Å². The van der Waals surface area contributed by atoms with E-state index in [4.69, 9.17) is 18.5 Å². The van der Waals surface area contributed by atoms with Crippen molar-refractivity contribution in [3.8, 4) is 0 Å². The van der Waals surface area contributed by atoms with E-state index in [0.29, 0.717) is 24.1 Å². The molecule has 416 valence electrons. The quantitative estimate of drug-likeness (QED) is 0.0197. The minimum Gasteiger partial charge on any atom is -0.756 e. The van der Waals surface area contributed by atoms with E-state index in [0.717, 1.165) is 51.4 Å². The highest BCUT2D eigenvalue weighted by atomic mass is 31.2. The highest BCUT2D eigenvalue weighted by molar-refractivity contribution is 7.45. The van der Waals surface area contributed by atoms with Crippen LogP contribution in [0.25, 0.3) is 0 Å². The van der Waals surface area contributed by atoms with Crippen molar-refractivity contribution < 1.29 is 37.3 Å². The van der Waals surface area contributed by atoms with Crippen LogP contribution in [0.15, 0.2) is 60.8 Å². The normalized spacial score (nSPS) is 13.8. The lowest BCUT2D eigenvalue weighted by Gasteiger charge is -2.28. The molecule has 0 aliphatic carbocycles. The number of ether oxygens (including phenoxy) is 2. The Hall–Kier alpha value is -1.80. The summed E-state index contributed by atoms with van der Waals surface area (Å²) in [4.78, 5) is 25.3. The van der Waals surface area contributed by atoms with E-state index in [2.05, 4.69) is 74.6 Å². The van der Waals surface area contributed by atoms with E-state index in [1.807, 2.05) is 21.1 Å². The van der Waals surface area contributed by atoms with Gasteiger partial charge in [-0.25, -0.2) is 0 Å². The Morgan fingerprint density at radius 1 is 0.437 bits per heavy atom. The smallest absolute Gasteiger partial charge is 0.306 e. The van der Waals surface area contributed by atoms with Crippen molar-refractivity contribution in [3.63, 3.8) is 0 Å². The number of carbonyl (C=O) groups excluding carboxylic acids is 1. The molecule has 0 fully saturated rings. The van der Waals surface area contributed by atoms with Crippen LogP contribution in [-0.2, 0) is 27.9 Å². The molecule has 0 amide bonds. The molecule has 0 aromatic rings. The average Bonchev–Trinajstić information content (AvgIpc) is 3.33. The number of hydrogen-bond donors (Lipinski definition) is 0. The summed E-state index contributed by atoms with van der Waals surface area (Å²) in [5.41, 5.74) is 0. The Balaban J connectivity index is 4.07. The van der Waals surface area contributed by atoms with Crippen molar-refractivity contribution in [1.29, 1.82) is 0 Å². The lowest BCUT2D eigenvalue weighted by atomic mass is 10.0. The van der Waals surface area contributed by atoms with Crippen LogP contribution in [0.3, 0.4) is 0 Å². The number of hydrogen-bond acceptors (Lipinski definition) is 7. The summed E-state index contributed by atoms with van der Waals surface area (Å²) in [7, 11) is 1.36. The zero-order valence-corrected chi connectivity index (χ0v) is 48.3. The first-order chi connectivity index (χ1) is 34.6. The molecule has 0 bridgehead atoms. The summed E-state index contributed by atoms with van der Waals surface area (Å²) in [5.74, 6) is -0.336. The summed E-state index contributed by atoms with van der Waals surface area (Å²) in [5, 5.41) is 0. The second kappa shape index (κ2) is 54.5. The summed E-state index contributed by atoms with van der Waals surface area (Å²) in [6.45, 7) is 5.42. The van der Waals surface area contributed by atoms with Crippen molar-refractivity contribution in [1.82, 2.24) is 0 Å². The molecule has 2 unspecified atom stereocenters. The number of phosphoric acid groups is 1. The number of esters is 1. The van der Waals surface area contributed by atoms with E-state index in [1.165, 1.54) is 199 Å². The number of rotatable bonds is 56. The summed E-state index contributed by atoms with van der Waals surface area (Å²) < 4.78 is 34.9. The van der Waals surface area contributed by atoms with Crippen molar-refractivity contribution in [2.45, 2.75) is 277 Å². The van der Waals surface area contributed by atoms with Gasteiger partial charge in [0.2, 0.25) is 0 Å². The lowest BCUT2D eigenvalue weighted by Crippen LogP contribution is -2.37. The molecular weight excluding hydrogens is 902 g/mol. The topological polar surface area (TPSA) is 94.1 Å². The molecule has 2 atom stereocenters. The number of allylic oxidation sites excluding steroid dienone is 10. The number of unbranched alkanes of at least 4 members (excludes halogenated alkanes) is 32. The van der Waals surface area contributed by atoms with Gasteiger partial charge in [0.05, 0.1) is 34.4 Å². The van der Waals surface area contributed by atoms with Crippen LogP contribution in [0.1, 0.15) is 271 Å². The SMILES string of the molecule is CCCCCCC/C=C\C/C=C\C/C=C\CCCCCCCCCCCCC(=O)OC(COCCCCCCCCCCCCCC/C=C\C/C=C\CCCCCCC)COP(=O)([O-])OCC[N+](C)(C)C. The zero-order valence-electron chi connectivity index (χ0n) is 47.4. The lowest BCUT2D eigenvalue weighted by molar-refractivity contribution is -0.870. The molecule has 8 nitrogen and oxygen atoms in total. The molecule has 0 saturated carbocycles. The van der Waals surface area contributed by atoms with E-state index in [1.54, 1.807) is 0 Å². The van der Waals surface area contributed by atoms with Crippen LogP contribution in [0, 0.1) is 0 Å². The van der Waals surface area contributed by atoms with Crippen LogP contribution in [0.2, 0.25) is 0 Å². The van der Waals surface area contributed by atoms with Crippen molar-refractivity contribution in [2.75, 3.05) is 54.1 Å². The van der Waals surface area contributed by atoms with Gasteiger partial charge in [-0.2, -0.15) is 0 Å². The third kappa shape index (κ3) is 59.0. The molecular formula is C62H116NO7P. The second-order valence-corrected chi connectivity index (χ2v) is 22.8. The van der Waals surface area contributed by atoms with E-state index >= 15 is 0 Å². The molecule has 9 heteroatoms. The highest BCUT2D eigenvalue weighted by Gasteiger charge is 2.20. The summed E-state index contributed by atoms with van der Waals surface area (Å²) >= 11 is 0. The van der Waals surface area contributed by atoms with Crippen LogP contribution >= 0.6 is 7.82 Å². The first kappa shape index (κ1) is 69.2. The monoisotopic (exact) mass is 1020 g/mol. The van der Waals surface area contributed by atoms with Gasteiger partial charge in [-0.15, -0.1) is 0 Å². The molecule has 0 spiro atoms. The number of quaternary nitrogens is 1. The average molecular weight is 1020 g/mol. The molecule has 0 heterocycles. The standard InChI is InChI=1S/C62H116NO7P/c1-6-8-10-12-14-16-18-20-22-24-26-28-30-32-33-35-37-39-41-43-45-47-49-51-53-55-62(64)70-61(60-69-71(65,66)68-58-56-63(3,4)5)59-67-57-54-52-50-48-46-44-42-40-38-36-34-31-29-27-25-23-21-19-17-15-13-11-9-7-2/h18-21,24-27,30,32,61H,6-17,22-23,28-29,31,33-60H2,1-5H3/b20-18-,21-19-,26-24-,27-25-,32-30-. The molecule has 0 aromatic carbocycles. The maximum atomic E-state index is 12.8. The Morgan fingerprint density at radius 2 is 0.775 bits per heavy atom. The number of carbonyl (C=O) groups is 1. The van der Waals surface area contributed by atoms with Crippen LogP contribution in [-0.4, -0.2) is 70.7 Å². The largest absolute Gasteiger partial charge is 0.756 e. The van der Waals surface area contributed by atoms with Gasteiger partial charge in [0.1, 0.15) is 19.3 Å². The second-order valence-electron chi connectivity index (χ2n) is 21.4. The Bertz CT molecular complexity index is 1320. The van der Waals surface area contributed by atoms with Gasteiger partial charge in [-0.3, -0.25) is 9.36 Å². The van der Waals surface area contributed by atoms with Crippen molar-refractivity contribution >= 4 is 13.8 Å². The minimum absolute atomic E-state index is 0.0237. The predicted octanol–water partition coefficient (Wildman–Crippen LogP) is 18.5. The molecule has 0 N–H and O–H groups in total. The molecule has 71 heavy (non-hydrogen) atoms. The number of phosphoric ester groups is 1. The maximum absolute atomic E-state index is 12.8. The van der Waals surface area contributed by atoms with Gasteiger partial charge in [-0.1, -0.05) is 242 Å².